The molecule has 0 bridgehead atoms. The van der Waals surface area contributed by atoms with Gasteiger partial charge in [0.15, 0.2) is 0 Å². The first-order chi connectivity index (χ1) is 8.79. The van der Waals surface area contributed by atoms with E-state index in [0.29, 0.717) is 10.6 Å². The summed E-state index contributed by atoms with van der Waals surface area (Å²) >= 11 is 5.89. The second kappa shape index (κ2) is 4.17. The molecule has 0 atom stereocenters. The molecule has 86 valence electrons. The van der Waals surface area contributed by atoms with Crippen LogP contribution >= 0.6 is 11.6 Å². The zero-order valence-corrected chi connectivity index (χ0v) is 10.1. The molecule has 4 heteroatoms. The van der Waals surface area contributed by atoms with Gasteiger partial charge in [0, 0.05) is 10.4 Å². The quantitative estimate of drug-likeness (QED) is 0.665. The van der Waals surface area contributed by atoms with E-state index in [4.69, 9.17) is 16.9 Å². The summed E-state index contributed by atoms with van der Waals surface area (Å²) in [6.45, 7) is 0. The highest BCUT2D eigenvalue weighted by molar-refractivity contribution is 6.30. The number of benzene rings is 2. The summed E-state index contributed by atoms with van der Waals surface area (Å²) < 4.78 is 1.75. The van der Waals surface area contributed by atoms with E-state index < -0.39 is 0 Å². The Labute approximate surface area is 109 Å². The van der Waals surface area contributed by atoms with Crippen molar-refractivity contribution in [3.63, 3.8) is 0 Å². The lowest BCUT2D eigenvalue weighted by Crippen LogP contribution is -1.99. The predicted molar refractivity (Wildman–Crippen MR) is 70.8 cm³/mol. The number of hydrogen-bond acceptors (Lipinski definition) is 2. The van der Waals surface area contributed by atoms with Gasteiger partial charge in [-0.05, 0) is 24.3 Å². The number of hydrogen-bond donors (Lipinski definition) is 0. The molecule has 1 heterocycles. The van der Waals surface area contributed by atoms with Gasteiger partial charge in [-0.2, -0.15) is 10.4 Å². The van der Waals surface area contributed by atoms with Crippen molar-refractivity contribution in [3.8, 4) is 11.8 Å². The summed E-state index contributed by atoms with van der Waals surface area (Å²) in [5.41, 5.74) is 2.22. The average Bonchev–Trinajstić information content (AvgIpc) is 2.82. The van der Waals surface area contributed by atoms with Gasteiger partial charge in [0.2, 0.25) is 0 Å². The van der Waals surface area contributed by atoms with E-state index in [1.54, 1.807) is 29.1 Å². The largest absolute Gasteiger partial charge is 0.232 e. The monoisotopic (exact) mass is 253 g/mol. The van der Waals surface area contributed by atoms with Crippen LogP contribution in [0.25, 0.3) is 16.6 Å². The molecule has 0 saturated heterocycles. The third-order valence-corrected chi connectivity index (χ3v) is 3.02. The van der Waals surface area contributed by atoms with Crippen molar-refractivity contribution >= 4 is 22.5 Å². The smallest absolute Gasteiger partial charge is 0.101 e. The molecule has 0 radical (unpaired) electrons. The first-order valence-corrected chi connectivity index (χ1v) is 5.80. The average molecular weight is 254 g/mol. The van der Waals surface area contributed by atoms with Gasteiger partial charge in [0.05, 0.1) is 23.0 Å². The summed E-state index contributed by atoms with van der Waals surface area (Å²) in [7, 11) is 0. The Hall–Kier alpha value is -2.31. The Morgan fingerprint density at radius 2 is 2.00 bits per heavy atom. The van der Waals surface area contributed by atoms with Crippen molar-refractivity contribution < 1.29 is 0 Å². The van der Waals surface area contributed by atoms with Crippen LogP contribution in [0, 0.1) is 11.3 Å². The molecule has 0 aliphatic rings. The topological polar surface area (TPSA) is 41.6 Å². The molecule has 0 aliphatic carbocycles. The Balaban J connectivity index is 2.30. The van der Waals surface area contributed by atoms with Gasteiger partial charge in [-0.15, -0.1) is 0 Å². The van der Waals surface area contributed by atoms with Gasteiger partial charge in [0.25, 0.3) is 0 Å². The molecular weight excluding hydrogens is 246 g/mol. The normalized spacial score (nSPS) is 10.4. The number of aromatic nitrogens is 2. The molecule has 3 aromatic rings. The maximum absolute atomic E-state index is 9.16. The van der Waals surface area contributed by atoms with Crippen LogP contribution in [0.3, 0.4) is 0 Å². The molecule has 0 amide bonds. The number of rotatable bonds is 1. The fourth-order valence-corrected chi connectivity index (χ4v) is 2.12. The van der Waals surface area contributed by atoms with Crippen molar-refractivity contribution in [1.82, 2.24) is 9.78 Å². The number of para-hydroxylation sites is 1. The van der Waals surface area contributed by atoms with Gasteiger partial charge in [-0.3, -0.25) is 0 Å². The lowest BCUT2D eigenvalue weighted by atomic mass is 10.2. The summed E-state index contributed by atoms with van der Waals surface area (Å²) in [5.74, 6) is 0. The van der Waals surface area contributed by atoms with Crippen LogP contribution in [0.1, 0.15) is 5.56 Å². The summed E-state index contributed by atoms with van der Waals surface area (Å²) in [6, 6.07) is 15.2. The summed E-state index contributed by atoms with van der Waals surface area (Å²) in [6.07, 6.45) is 1.78. The minimum Gasteiger partial charge on any atom is -0.232 e. The van der Waals surface area contributed by atoms with Crippen LogP contribution in [0.4, 0.5) is 0 Å². The zero-order valence-electron chi connectivity index (χ0n) is 9.34. The highest BCUT2D eigenvalue weighted by atomic mass is 35.5. The standard InChI is InChI=1S/C14H8ClN3/c15-12-5-6-14(11(7-12)8-16)18-13-4-2-1-3-10(13)9-17-18/h1-7,9H. The minimum absolute atomic E-state index is 0.511. The van der Waals surface area contributed by atoms with E-state index in [-0.39, 0.29) is 0 Å². The molecule has 0 saturated carbocycles. The molecule has 2 aromatic carbocycles. The molecular formula is C14H8ClN3. The third-order valence-electron chi connectivity index (χ3n) is 2.78. The maximum atomic E-state index is 9.16. The van der Waals surface area contributed by atoms with Crippen molar-refractivity contribution in [2.24, 2.45) is 0 Å². The van der Waals surface area contributed by atoms with Crippen LogP contribution in [0.5, 0.6) is 0 Å². The summed E-state index contributed by atoms with van der Waals surface area (Å²) in [5, 5.41) is 15.1. The Morgan fingerprint density at radius 1 is 1.17 bits per heavy atom. The molecule has 0 N–H and O–H groups in total. The van der Waals surface area contributed by atoms with Gasteiger partial charge >= 0.3 is 0 Å². The maximum Gasteiger partial charge on any atom is 0.101 e. The second-order valence-corrected chi connectivity index (χ2v) is 4.32. The Morgan fingerprint density at radius 3 is 2.83 bits per heavy atom. The molecule has 3 nitrogen and oxygen atoms in total. The molecule has 3 rings (SSSR count). The number of nitriles is 1. The fourth-order valence-electron chi connectivity index (χ4n) is 1.95. The van der Waals surface area contributed by atoms with E-state index >= 15 is 0 Å². The van der Waals surface area contributed by atoms with E-state index in [1.165, 1.54) is 0 Å². The predicted octanol–water partition coefficient (Wildman–Crippen LogP) is 3.55. The van der Waals surface area contributed by atoms with Crippen LogP contribution in [0.15, 0.2) is 48.7 Å². The molecule has 18 heavy (non-hydrogen) atoms. The van der Waals surface area contributed by atoms with Crippen LogP contribution < -0.4 is 0 Å². The first kappa shape index (κ1) is 10.8. The molecule has 0 fully saturated rings. The highest BCUT2D eigenvalue weighted by Gasteiger charge is 2.09. The van der Waals surface area contributed by atoms with Crippen molar-refractivity contribution in [2.75, 3.05) is 0 Å². The Bertz CT molecular complexity index is 768. The SMILES string of the molecule is N#Cc1cc(Cl)ccc1-n1ncc2ccccc21. The van der Waals surface area contributed by atoms with E-state index in [9.17, 15) is 0 Å². The third kappa shape index (κ3) is 1.64. The lowest BCUT2D eigenvalue weighted by molar-refractivity contribution is 0.907. The lowest BCUT2D eigenvalue weighted by Gasteiger charge is -2.06. The number of fused-ring (bicyclic) bond motifs is 1. The van der Waals surface area contributed by atoms with Crippen molar-refractivity contribution in [1.29, 1.82) is 5.26 Å². The number of nitrogens with zero attached hydrogens (tertiary/aromatic N) is 3. The zero-order chi connectivity index (χ0) is 12.5. The highest BCUT2D eigenvalue weighted by Crippen LogP contribution is 2.22. The van der Waals surface area contributed by atoms with Gasteiger partial charge in [-0.1, -0.05) is 29.8 Å². The van der Waals surface area contributed by atoms with Crippen LogP contribution in [-0.2, 0) is 0 Å². The van der Waals surface area contributed by atoms with Gasteiger partial charge in [0.1, 0.15) is 6.07 Å². The second-order valence-electron chi connectivity index (χ2n) is 3.89. The van der Waals surface area contributed by atoms with Gasteiger partial charge < -0.3 is 0 Å². The van der Waals surface area contributed by atoms with E-state index in [2.05, 4.69) is 11.2 Å². The summed E-state index contributed by atoms with van der Waals surface area (Å²) in [4.78, 5) is 0. The minimum atomic E-state index is 0.511. The first-order valence-electron chi connectivity index (χ1n) is 5.42. The molecule has 0 spiro atoms. The van der Waals surface area contributed by atoms with Crippen LogP contribution in [-0.4, -0.2) is 9.78 Å². The van der Waals surface area contributed by atoms with Crippen LogP contribution in [0.2, 0.25) is 5.02 Å². The van der Waals surface area contributed by atoms with Crippen molar-refractivity contribution in [3.05, 3.63) is 59.2 Å². The van der Waals surface area contributed by atoms with E-state index in [1.807, 2.05) is 24.3 Å². The van der Waals surface area contributed by atoms with E-state index in [0.717, 1.165) is 16.6 Å². The number of halogens is 1. The molecule has 0 unspecified atom stereocenters. The van der Waals surface area contributed by atoms with Gasteiger partial charge in [-0.25, -0.2) is 4.68 Å². The fraction of sp³-hybridized carbons (Fsp3) is 0. The Kier molecular flexibility index (Phi) is 2.51. The molecule has 1 aromatic heterocycles. The van der Waals surface area contributed by atoms with Crippen molar-refractivity contribution in [2.45, 2.75) is 0 Å². The molecule has 0 aliphatic heterocycles.